The molecule has 2 rings (SSSR count). The van der Waals surface area contributed by atoms with Crippen LogP contribution < -0.4 is 10.9 Å². The van der Waals surface area contributed by atoms with E-state index in [2.05, 4.69) is 31.4 Å². The maximum absolute atomic E-state index is 11.3. The number of rotatable bonds is 3. The fourth-order valence-corrected chi connectivity index (χ4v) is 2.14. The average molecular weight is 329 g/mol. The summed E-state index contributed by atoms with van der Waals surface area (Å²) in [7, 11) is 0. The lowest BCUT2D eigenvalue weighted by molar-refractivity contribution is 0.874. The van der Waals surface area contributed by atoms with Gasteiger partial charge >= 0.3 is 0 Å². The molecule has 0 saturated carbocycles. The third kappa shape index (κ3) is 2.91. The number of nitrogens with one attached hydrogen (secondary N) is 2. The topological polar surface area (TPSA) is 57.8 Å². The SMILES string of the molecule is CC(Nc1cn[nH]c(=O)c1Cl)c1cccc(Br)c1. The number of halogens is 2. The normalized spacial score (nSPS) is 12.2. The number of H-pyrrole nitrogens is 1. The van der Waals surface area contributed by atoms with Crippen molar-refractivity contribution in [2.75, 3.05) is 5.32 Å². The minimum Gasteiger partial charge on any atom is -0.376 e. The minimum atomic E-state index is -0.400. The zero-order chi connectivity index (χ0) is 13.1. The van der Waals surface area contributed by atoms with E-state index < -0.39 is 5.56 Å². The summed E-state index contributed by atoms with van der Waals surface area (Å²) in [5.41, 5.74) is 1.21. The van der Waals surface area contributed by atoms with Crippen molar-refractivity contribution >= 4 is 33.2 Å². The molecule has 0 aliphatic heterocycles. The van der Waals surface area contributed by atoms with E-state index in [0.717, 1.165) is 10.0 Å². The molecular weight excluding hydrogens is 318 g/mol. The van der Waals surface area contributed by atoms with Gasteiger partial charge in [0, 0.05) is 10.5 Å². The Balaban J connectivity index is 2.24. The first kappa shape index (κ1) is 13.1. The van der Waals surface area contributed by atoms with Gasteiger partial charge in [-0.1, -0.05) is 39.7 Å². The van der Waals surface area contributed by atoms with Crippen molar-refractivity contribution in [1.82, 2.24) is 10.2 Å². The van der Waals surface area contributed by atoms with E-state index in [1.54, 1.807) is 0 Å². The second-order valence-electron chi connectivity index (χ2n) is 3.85. The van der Waals surface area contributed by atoms with E-state index in [0.29, 0.717) is 5.69 Å². The summed E-state index contributed by atoms with van der Waals surface area (Å²) >= 11 is 9.32. The second kappa shape index (κ2) is 5.54. The molecule has 1 heterocycles. The molecule has 4 nitrogen and oxygen atoms in total. The molecular formula is C12H11BrClN3O. The van der Waals surface area contributed by atoms with Crippen molar-refractivity contribution in [2.24, 2.45) is 0 Å². The van der Waals surface area contributed by atoms with Crippen LogP contribution in [0.15, 0.2) is 39.7 Å². The van der Waals surface area contributed by atoms with Crippen molar-refractivity contribution in [3.05, 3.63) is 55.9 Å². The monoisotopic (exact) mass is 327 g/mol. The molecule has 1 unspecified atom stereocenters. The highest BCUT2D eigenvalue weighted by Gasteiger charge is 2.10. The molecule has 0 aliphatic rings. The maximum atomic E-state index is 11.3. The van der Waals surface area contributed by atoms with Crippen LogP contribution in [0.5, 0.6) is 0 Å². The molecule has 0 aliphatic carbocycles. The lowest BCUT2D eigenvalue weighted by Gasteiger charge is -2.16. The smallest absolute Gasteiger partial charge is 0.285 e. The third-order valence-electron chi connectivity index (χ3n) is 2.52. The molecule has 2 N–H and O–H groups in total. The Morgan fingerprint density at radius 1 is 1.50 bits per heavy atom. The zero-order valence-corrected chi connectivity index (χ0v) is 11.9. The Morgan fingerprint density at radius 3 is 3.00 bits per heavy atom. The number of hydrogen-bond acceptors (Lipinski definition) is 3. The summed E-state index contributed by atoms with van der Waals surface area (Å²) in [5, 5.41) is 9.27. The molecule has 1 aromatic heterocycles. The molecule has 18 heavy (non-hydrogen) atoms. The van der Waals surface area contributed by atoms with Gasteiger partial charge in [0.25, 0.3) is 5.56 Å². The Bertz CT molecular complexity index is 614. The van der Waals surface area contributed by atoms with E-state index in [1.807, 2.05) is 31.2 Å². The Hall–Kier alpha value is -1.33. The van der Waals surface area contributed by atoms with E-state index in [-0.39, 0.29) is 11.1 Å². The van der Waals surface area contributed by atoms with E-state index in [1.165, 1.54) is 6.20 Å². The Kier molecular flexibility index (Phi) is 4.04. The number of aromatic nitrogens is 2. The van der Waals surface area contributed by atoms with Gasteiger partial charge in [-0.15, -0.1) is 0 Å². The highest BCUT2D eigenvalue weighted by molar-refractivity contribution is 9.10. The molecule has 6 heteroatoms. The van der Waals surface area contributed by atoms with Gasteiger partial charge < -0.3 is 5.32 Å². The van der Waals surface area contributed by atoms with Crippen LogP contribution >= 0.6 is 27.5 Å². The molecule has 94 valence electrons. The van der Waals surface area contributed by atoms with Gasteiger partial charge in [-0.2, -0.15) is 5.10 Å². The van der Waals surface area contributed by atoms with Crippen molar-refractivity contribution in [3.8, 4) is 0 Å². The maximum Gasteiger partial charge on any atom is 0.285 e. The lowest BCUT2D eigenvalue weighted by atomic mass is 10.1. The zero-order valence-electron chi connectivity index (χ0n) is 9.58. The van der Waals surface area contributed by atoms with E-state index in [4.69, 9.17) is 11.6 Å². The van der Waals surface area contributed by atoms with Crippen LogP contribution in [0.4, 0.5) is 5.69 Å². The predicted octanol–water partition coefficient (Wildman–Crippen LogP) is 3.36. The lowest BCUT2D eigenvalue weighted by Crippen LogP contribution is -2.14. The quantitative estimate of drug-likeness (QED) is 0.908. The molecule has 1 aromatic carbocycles. The Labute approximate surface area is 118 Å². The number of aromatic amines is 1. The van der Waals surface area contributed by atoms with Crippen LogP contribution in [-0.4, -0.2) is 10.2 Å². The molecule has 0 saturated heterocycles. The van der Waals surface area contributed by atoms with Gasteiger partial charge in [0.15, 0.2) is 0 Å². The second-order valence-corrected chi connectivity index (χ2v) is 5.14. The third-order valence-corrected chi connectivity index (χ3v) is 3.38. The summed E-state index contributed by atoms with van der Waals surface area (Å²) in [6, 6.07) is 7.93. The van der Waals surface area contributed by atoms with Gasteiger partial charge in [-0.05, 0) is 24.6 Å². The fraction of sp³-hybridized carbons (Fsp3) is 0.167. The van der Waals surface area contributed by atoms with Gasteiger partial charge in [-0.25, -0.2) is 5.10 Å². The first-order chi connectivity index (χ1) is 8.58. The summed E-state index contributed by atoms with van der Waals surface area (Å²) in [4.78, 5) is 11.3. The van der Waals surface area contributed by atoms with E-state index in [9.17, 15) is 4.79 Å². The number of nitrogens with zero attached hydrogens (tertiary/aromatic N) is 1. The number of hydrogen-bond donors (Lipinski definition) is 2. The molecule has 0 radical (unpaired) electrons. The summed E-state index contributed by atoms with van der Waals surface area (Å²) in [5.74, 6) is 0. The standard InChI is InChI=1S/C12H11BrClN3O/c1-7(8-3-2-4-9(13)5-8)16-10-6-15-17-12(18)11(10)14/h2-7H,1H3,(H2,16,17,18). The van der Waals surface area contributed by atoms with Crippen molar-refractivity contribution in [1.29, 1.82) is 0 Å². The summed E-state index contributed by atoms with van der Waals surface area (Å²) in [6.45, 7) is 1.99. The van der Waals surface area contributed by atoms with Gasteiger partial charge in [0.05, 0.1) is 11.9 Å². The molecule has 0 amide bonds. The van der Waals surface area contributed by atoms with Crippen molar-refractivity contribution < 1.29 is 0 Å². The molecule has 2 aromatic rings. The van der Waals surface area contributed by atoms with E-state index >= 15 is 0 Å². The highest BCUT2D eigenvalue weighted by atomic mass is 79.9. The minimum absolute atomic E-state index is 0.0172. The first-order valence-electron chi connectivity index (χ1n) is 5.33. The Morgan fingerprint density at radius 2 is 2.28 bits per heavy atom. The van der Waals surface area contributed by atoms with Crippen molar-refractivity contribution in [3.63, 3.8) is 0 Å². The van der Waals surface area contributed by atoms with Gasteiger partial charge in [0.2, 0.25) is 0 Å². The molecule has 0 bridgehead atoms. The largest absolute Gasteiger partial charge is 0.376 e. The molecule has 1 atom stereocenters. The van der Waals surface area contributed by atoms with Crippen LogP contribution in [0.2, 0.25) is 5.02 Å². The average Bonchev–Trinajstić information content (AvgIpc) is 2.35. The van der Waals surface area contributed by atoms with Gasteiger partial charge in [0.1, 0.15) is 5.02 Å². The number of anilines is 1. The first-order valence-corrected chi connectivity index (χ1v) is 6.50. The van der Waals surface area contributed by atoms with Gasteiger partial charge in [-0.3, -0.25) is 4.79 Å². The van der Waals surface area contributed by atoms with Crippen molar-refractivity contribution in [2.45, 2.75) is 13.0 Å². The molecule has 0 spiro atoms. The van der Waals surface area contributed by atoms with Crippen LogP contribution in [-0.2, 0) is 0 Å². The van der Waals surface area contributed by atoms with Crippen LogP contribution in [0, 0.1) is 0 Å². The summed E-state index contributed by atoms with van der Waals surface area (Å²) < 4.78 is 1.00. The van der Waals surface area contributed by atoms with Crippen LogP contribution in [0.1, 0.15) is 18.5 Å². The number of benzene rings is 1. The predicted molar refractivity (Wildman–Crippen MR) is 76.0 cm³/mol. The van der Waals surface area contributed by atoms with Crippen LogP contribution in [0.25, 0.3) is 0 Å². The fourth-order valence-electron chi connectivity index (χ4n) is 1.58. The van der Waals surface area contributed by atoms with Crippen LogP contribution in [0.3, 0.4) is 0 Å². The molecule has 0 fully saturated rings. The summed E-state index contributed by atoms with van der Waals surface area (Å²) in [6.07, 6.45) is 1.50. The highest BCUT2D eigenvalue weighted by Crippen LogP contribution is 2.24.